The molecule has 1 aromatic rings. The van der Waals surface area contributed by atoms with E-state index in [0.29, 0.717) is 5.56 Å². The van der Waals surface area contributed by atoms with E-state index in [0.717, 1.165) is 38.4 Å². The van der Waals surface area contributed by atoms with Gasteiger partial charge in [-0.2, -0.15) is 5.10 Å². The molecule has 0 saturated carbocycles. The Bertz CT molecular complexity index is 399. The molecule has 1 fully saturated rings. The number of likely N-dealkylation sites (tertiary alicyclic amines) is 1. The number of aromatic nitrogens is 2. The fourth-order valence-electron chi connectivity index (χ4n) is 2.49. The molecular formula is C13H23ClN4O. The highest BCUT2D eigenvalue weighted by Gasteiger charge is 2.23. The van der Waals surface area contributed by atoms with E-state index in [1.165, 1.54) is 6.42 Å². The van der Waals surface area contributed by atoms with E-state index >= 15 is 0 Å². The van der Waals surface area contributed by atoms with Gasteiger partial charge in [0.25, 0.3) is 5.91 Å². The van der Waals surface area contributed by atoms with Crippen LogP contribution < -0.4 is 5.32 Å². The highest BCUT2D eigenvalue weighted by molar-refractivity contribution is 5.93. The second kappa shape index (κ2) is 7.50. The Morgan fingerprint density at radius 1 is 1.47 bits per heavy atom. The van der Waals surface area contributed by atoms with Gasteiger partial charge in [0.2, 0.25) is 0 Å². The molecule has 0 atom stereocenters. The number of hydrogen-bond donors (Lipinski definition) is 1. The second-order valence-corrected chi connectivity index (χ2v) is 5.03. The number of carbonyl (C=O) groups excluding carboxylic acids is 1. The largest absolute Gasteiger partial charge is 0.339 e. The van der Waals surface area contributed by atoms with Gasteiger partial charge in [-0.15, -0.1) is 12.4 Å². The molecule has 2 rings (SSSR count). The van der Waals surface area contributed by atoms with Crippen molar-refractivity contribution in [3.63, 3.8) is 0 Å². The van der Waals surface area contributed by atoms with Crippen LogP contribution in [0.3, 0.4) is 0 Å². The van der Waals surface area contributed by atoms with Gasteiger partial charge in [-0.05, 0) is 38.8 Å². The van der Waals surface area contributed by atoms with Crippen LogP contribution in [0, 0.1) is 5.92 Å². The predicted molar refractivity (Wildman–Crippen MR) is 77.6 cm³/mol. The molecule has 1 aliphatic rings. The Morgan fingerprint density at radius 3 is 2.68 bits per heavy atom. The molecule has 108 valence electrons. The van der Waals surface area contributed by atoms with E-state index in [9.17, 15) is 4.79 Å². The fraction of sp³-hybridized carbons (Fsp3) is 0.692. The molecule has 1 aromatic heterocycles. The lowest BCUT2D eigenvalue weighted by molar-refractivity contribution is 0.0687. The zero-order chi connectivity index (χ0) is 13.0. The number of nitrogens with one attached hydrogen (secondary N) is 1. The average molecular weight is 287 g/mol. The first kappa shape index (κ1) is 16.0. The van der Waals surface area contributed by atoms with E-state index in [-0.39, 0.29) is 18.3 Å². The summed E-state index contributed by atoms with van der Waals surface area (Å²) in [6.07, 6.45) is 6.89. The Morgan fingerprint density at radius 2 is 2.16 bits per heavy atom. The van der Waals surface area contributed by atoms with Crippen LogP contribution >= 0.6 is 12.4 Å². The average Bonchev–Trinajstić information content (AvgIpc) is 2.83. The third-order valence-electron chi connectivity index (χ3n) is 3.66. The first-order valence-corrected chi connectivity index (χ1v) is 6.63. The zero-order valence-corrected chi connectivity index (χ0v) is 12.4. The summed E-state index contributed by atoms with van der Waals surface area (Å²) < 4.78 is 1.67. The van der Waals surface area contributed by atoms with Crippen molar-refractivity contribution < 1.29 is 4.79 Å². The number of rotatable bonds is 4. The van der Waals surface area contributed by atoms with Gasteiger partial charge in [0.1, 0.15) is 0 Å². The van der Waals surface area contributed by atoms with Crippen LogP contribution in [0.15, 0.2) is 12.4 Å². The SMILES string of the molecule is CNCCC1CCN(C(=O)c2cnn(C)c2)CC1.Cl. The van der Waals surface area contributed by atoms with Crippen molar-refractivity contribution >= 4 is 18.3 Å². The Labute approximate surface area is 120 Å². The summed E-state index contributed by atoms with van der Waals surface area (Å²) in [5.41, 5.74) is 0.700. The smallest absolute Gasteiger partial charge is 0.257 e. The Hall–Kier alpha value is -1.07. The zero-order valence-electron chi connectivity index (χ0n) is 11.6. The summed E-state index contributed by atoms with van der Waals surface area (Å²) in [6.45, 7) is 2.82. The van der Waals surface area contributed by atoms with Crippen molar-refractivity contribution in [1.82, 2.24) is 20.0 Å². The number of halogens is 1. The monoisotopic (exact) mass is 286 g/mol. The molecule has 1 saturated heterocycles. The summed E-state index contributed by atoms with van der Waals surface area (Å²) in [5.74, 6) is 0.880. The topological polar surface area (TPSA) is 50.2 Å². The molecule has 1 N–H and O–H groups in total. The molecule has 6 heteroatoms. The molecule has 19 heavy (non-hydrogen) atoms. The fourth-order valence-corrected chi connectivity index (χ4v) is 2.49. The summed E-state index contributed by atoms with van der Waals surface area (Å²) in [5, 5.41) is 7.23. The maximum absolute atomic E-state index is 12.2. The van der Waals surface area contributed by atoms with Gasteiger partial charge < -0.3 is 10.2 Å². The van der Waals surface area contributed by atoms with Crippen LogP contribution in [-0.2, 0) is 7.05 Å². The van der Waals surface area contributed by atoms with Crippen LogP contribution in [0.4, 0.5) is 0 Å². The first-order chi connectivity index (χ1) is 8.70. The summed E-state index contributed by atoms with van der Waals surface area (Å²) in [6, 6.07) is 0. The normalized spacial score (nSPS) is 16.2. The third-order valence-corrected chi connectivity index (χ3v) is 3.66. The molecule has 0 unspecified atom stereocenters. The van der Waals surface area contributed by atoms with Crippen molar-refractivity contribution in [3.05, 3.63) is 18.0 Å². The van der Waals surface area contributed by atoms with E-state index in [2.05, 4.69) is 10.4 Å². The lowest BCUT2D eigenvalue weighted by Gasteiger charge is -2.31. The number of hydrogen-bond acceptors (Lipinski definition) is 3. The van der Waals surface area contributed by atoms with E-state index < -0.39 is 0 Å². The highest BCUT2D eigenvalue weighted by Crippen LogP contribution is 2.21. The van der Waals surface area contributed by atoms with Crippen LogP contribution in [0.5, 0.6) is 0 Å². The standard InChI is InChI=1S/C13H22N4O.ClH/c1-14-6-3-11-4-7-17(8-5-11)13(18)12-9-15-16(2)10-12;/h9-11,14H,3-8H2,1-2H3;1H. The highest BCUT2D eigenvalue weighted by atomic mass is 35.5. The molecule has 0 spiro atoms. The lowest BCUT2D eigenvalue weighted by atomic mass is 9.93. The summed E-state index contributed by atoms with van der Waals surface area (Å²) >= 11 is 0. The van der Waals surface area contributed by atoms with E-state index in [1.54, 1.807) is 17.1 Å². The molecule has 2 heterocycles. The Kier molecular flexibility index (Phi) is 6.31. The van der Waals surface area contributed by atoms with Crippen molar-refractivity contribution in [2.24, 2.45) is 13.0 Å². The van der Waals surface area contributed by atoms with Crippen LogP contribution in [0.2, 0.25) is 0 Å². The van der Waals surface area contributed by atoms with Crippen molar-refractivity contribution in [2.75, 3.05) is 26.7 Å². The predicted octanol–water partition coefficient (Wildman–Crippen LogP) is 1.30. The minimum Gasteiger partial charge on any atom is -0.339 e. The number of aryl methyl sites for hydroxylation is 1. The van der Waals surface area contributed by atoms with Gasteiger partial charge in [0, 0.05) is 26.3 Å². The molecule has 0 radical (unpaired) electrons. The van der Waals surface area contributed by atoms with Gasteiger partial charge in [0.05, 0.1) is 11.8 Å². The molecule has 0 aliphatic carbocycles. The molecule has 0 bridgehead atoms. The number of nitrogens with zero attached hydrogens (tertiary/aromatic N) is 3. The Balaban J connectivity index is 0.00000180. The van der Waals surface area contributed by atoms with Gasteiger partial charge in [0.15, 0.2) is 0 Å². The summed E-state index contributed by atoms with van der Waals surface area (Å²) in [7, 11) is 3.82. The lowest BCUT2D eigenvalue weighted by Crippen LogP contribution is -2.38. The van der Waals surface area contributed by atoms with Crippen LogP contribution in [0.1, 0.15) is 29.6 Å². The van der Waals surface area contributed by atoms with E-state index in [4.69, 9.17) is 0 Å². The summed E-state index contributed by atoms with van der Waals surface area (Å²) in [4.78, 5) is 14.1. The molecule has 5 nitrogen and oxygen atoms in total. The number of amides is 1. The number of piperidine rings is 1. The van der Waals surface area contributed by atoms with Crippen LogP contribution in [0.25, 0.3) is 0 Å². The molecule has 0 aromatic carbocycles. The molecule has 1 aliphatic heterocycles. The molecule has 1 amide bonds. The number of carbonyl (C=O) groups is 1. The maximum atomic E-state index is 12.2. The van der Waals surface area contributed by atoms with Gasteiger partial charge in [-0.1, -0.05) is 0 Å². The quantitative estimate of drug-likeness (QED) is 0.908. The maximum Gasteiger partial charge on any atom is 0.257 e. The van der Waals surface area contributed by atoms with Crippen LogP contribution in [-0.4, -0.2) is 47.3 Å². The third kappa shape index (κ3) is 4.21. The van der Waals surface area contributed by atoms with Crippen molar-refractivity contribution in [2.45, 2.75) is 19.3 Å². The van der Waals surface area contributed by atoms with Crippen molar-refractivity contribution in [1.29, 1.82) is 0 Å². The van der Waals surface area contributed by atoms with Gasteiger partial charge in [-0.25, -0.2) is 0 Å². The molecular weight excluding hydrogens is 264 g/mol. The van der Waals surface area contributed by atoms with Crippen molar-refractivity contribution in [3.8, 4) is 0 Å². The second-order valence-electron chi connectivity index (χ2n) is 5.03. The van der Waals surface area contributed by atoms with E-state index in [1.807, 2.05) is 19.0 Å². The first-order valence-electron chi connectivity index (χ1n) is 6.63. The van der Waals surface area contributed by atoms with Gasteiger partial charge in [-0.3, -0.25) is 9.48 Å². The minimum absolute atomic E-state index is 0. The minimum atomic E-state index is 0. The van der Waals surface area contributed by atoms with Gasteiger partial charge >= 0.3 is 0 Å².